The third-order valence-corrected chi connectivity index (χ3v) is 2.87. The summed E-state index contributed by atoms with van der Waals surface area (Å²) in [6, 6.07) is -0.0236. The van der Waals surface area contributed by atoms with Gasteiger partial charge in [0.25, 0.3) is 0 Å². The van der Waals surface area contributed by atoms with E-state index in [9.17, 15) is 4.79 Å². The van der Waals surface area contributed by atoms with Gasteiger partial charge >= 0.3 is 6.03 Å². The molecule has 2 aliphatic heterocycles. The van der Waals surface area contributed by atoms with Gasteiger partial charge in [0, 0.05) is 20.1 Å². The number of amides is 2. The van der Waals surface area contributed by atoms with Gasteiger partial charge in [0.2, 0.25) is 0 Å². The molecule has 0 unspecified atom stereocenters. The first-order chi connectivity index (χ1) is 6.11. The number of nitrogens with one attached hydrogen (secondary N) is 2. The summed E-state index contributed by atoms with van der Waals surface area (Å²) in [5.41, 5.74) is 3.02. The molecule has 2 aliphatic rings. The van der Waals surface area contributed by atoms with Gasteiger partial charge in [-0.05, 0) is 19.9 Å². The predicted octanol–water partition coefficient (Wildman–Crippen LogP) is -0.432. The Labute approximate surface area is 78.0 Å². The van der Waals surface area contributed by atoms with Crippen molar-refractivity contribution in [2.45, 2.75) is 18.5 Å². The lowest BCUT2D eigenvalue weighted by molar-refractivity contribution is 0.126. The molecule has 0 aromatic heterocycles. The molecule has 5 nitrogen and oxygen atoms in total. The lowest BCUT2D eigenvalue weighted by Gasteiger charge is -2.36. The van der Waals surface area contributed by atoms with E-state index in [1.807, 2.05) is 0 Å². The van der Waals surface area contributed by atoms with Crippen LogP contribution in [0.4, 0.5) is 4.79 Å². The molecule has 74 valence electrons. The molecule has 13 heavy (non-hydrogen) atoms. The van der Waals surface area contributed by atoms with Gasteiger partial charge in [-0.2, -0.15) is 0 Å². The summed E-state index contributed by atoms with van der Waals surface area (Å²) in [5.74, 6) is 0. The second-order valence-corrected chi connectivity index (χ2v) is 3.99. The molecular formula is C8H16N4O. The molecule has 5 heteroatoms. The average Bonchev–Trinajstić information content (AvgIpc) is 2.36. The predicted molar refractivity (Wildman–Crippen MR) is 48.9 cm³/mol. The topological polar surface area (TPSA) is 47.6 Å². The number of rotatable bonds is 0. The third-order valence-electron chi connectivity index (χ3n) is 2.87. The largest absolute Gasteiger partial charge is 0.333 e. The van der Waals surface area contributed by atoms with Crippen LogP contribution in [0, 0.1) is 0 Å². The lowest BCUT2D eigenvalue weighted by atomic mass is 9.99. The average molecular weight is 184 g/mol. The zero-order chi connectivity index (χ0) is 9.47. The number of hydrazine groups is 1. The molecule has 0 atom stereocenters. The zero-order valence-electron chi connectivity index (χ0n) is 8.13. The van der Waals surface area contributed by atoms with E-state index in [1.165, 1.54) is 5.01 Å². The van der Waals surface area contributed by atoms with Crippen molar-refractivity contribution in [1.29, 1.82) is 0 Å². The molecule has 0 saturated carbocycles. The highest BCUT2D eigenvalue weighted by Gasteiger charge is 2.42. The number of hydrogen-bond donors (Lipinski definition) is 2. The van der Waals surface area contributed by atoms with Gasteiger partial charge in [-0.25, -0.2) is 10.2 Å². The molecule has 2 rings (SSSR count). The van der Waals surface area contributed by atoms with Crippen molar-refractivity contribution >= 4 is 6.03 Å². The van der Waals surface area contributed by atoms with Crippen LogP contribution >= 0.6 is 0 Å². The van der Waals surface area contributed by atoms with Crippen molar-refractivity contribution in [3.63, 3.8) is 0 Å². The Morgan fingerprint density at radius 2 is 1.92 bits per heavy atom. The van der Waals surface area contributed by atoms with Crippen LogP contribution in [0.2, 0.25) is 0 Å². The van der Waals surface area contributed by atoms with E-state index in [0.29, 0.717) is 0 Å². The van der Waals surface area contributed by atoms with E-state index in [0.717, 1.165) is 25.9 Å². The maximum atomic E-state index is 11.3. The Balaban J connectivity index is 2.03. The summed E-state index contributed by atoms with van der Waals surface area (Å²) in [6.45, 7) is 2.06. The number of nitrogens with zero attached hydrogens (tertiary/aromatic N) is 2. The van der Waals surface area contributed by atoms with Crippen LogP contribution in [0.25, 0.3) is 0 Å². The van der Waals surface area contributed by atoms with Crippen molar-refractivity contribution in [3.05, 3.63) is 0 Å². The van der Waals surface area contributed by atoms with Gasteiger partial charge in [0.1, 0.15) is 5.66 Å². The molecule has 2 saturated heterocycles. The fourth-order valence-corrected chi connectivity index (χ4v) is 1.93. The van der Waals surface area contributed by atoms with Crippen LogP contribution in [-0.4, -0.2) is 48.8 Å². The lowest BCUT2D eigenvalue weighted by Crippen LogP contribution is -2.57. The molecule has 0 aromatic rings. The van der Waals surface area contributed by atoms with Crippen LogP contribution < -0.4 is 10.7 Å². The number of urea groups is 1. The second kappa shape index (κ2) is 2.85. The molecular weight excluding hydrogens is 168 g/mol. The number of piperidine rings is 1. The molecule has 0 radical (unpaired) electrons. The minimum atomic E-state index is -0.168. The highest BCUT2D eigenvalue weighted by atomic mass is 16.2. The number of likely N-dealkylation sites (tertiary alicyclic amines) is 1. The summed E-state index contributed by atoms with van der Waals surface area (Å²) in [6.07, 6.45) is 1.94. The van der Waals surface area contributed by atoms with Crippen LogP contribution in [0.5, 0.6) is 0 Å². The Hall–Kier alpha value is -0.810. The van der Waals surface area contributed by atoms with Gasteiger partial charge in [0.15, 0.2) is 0 Å². The minimum Gasteiger partial charge on any atom is -0.317 e. The summed E-state index contributed by atoms with van der Waals surface area (Å²) in [5, 5.41) is 4.52. The van der Waals surface area contributed by atoms with E-state index < -0.39 is 0 Å². The molecule has 2 heterocycles. The molecule has 2 fully saturated rings. The van der Waals surface area contributed by atoms with Crippen LogP contribution in [-0.2, 0) is 0 Å². The fraction of sp³-hybridized carbons (Fsp3) is 0.875. The fourth-order valence-electron chi connectivity index (χ4n) is 1.93. The van der Waals surface area contributed by atoms with E-state index in [1.54, 1.807) is 7.05 Å². The first kappa shape index (κ1) is 8.77. The Kier molecular flexibility index (Phi) is 1.92. The molecule has 0 bridgehead atoms. The first-order valence-electron chi connectivity index (χ1n) is 4.64. The van der Waals surface area contributed by atoms with Gasteiger partial charge in [-0.15, -0.1) is 0 Å². The zero-order valence-corrected chi connectivity index (χ0v) is 8.13. The summed E-state index contributed by atoms with van der Waals surface area (Å²) < 4.78 is 0. The minimum absolute atomic E-state index is 0.0236. The Bertz CT molecular complexity index is 222. The highest BCUT2D eigenvalue weighted by molar-refractivity contribution is 5.76. The van der Waals surface area contributed by atoms with Crippen molar-refractivity contribution in [2.24, 2.45) is 0 Å². The maximum Gasteiger partial charge on any atom is 0.333 e. The number of carbonyl (C=O) groups is 1. The summed E-state index contributed by atoms with van der Waals surface area (Å²) in [4.78, 5) is 13.5. The summed E-state index contributed by atoms with van der Waals surface area (Å²) >= 11 is 0. The molecule has 2 amide bonds. The third kappa shape index (κ3) is 1.49. The number of hydrogen-bond acceptors (Lipinski definition) is 3. The molecule has 2 N–H and O–H groups in total. The van der Waals surface area contributed by atoms with Crippen molar-refractivity contribution < 1.29 is 4.79 Å². The monoisotopic (exact) mass is 184 g/mol. The molecule has 1 spiro atoms. The van der Waals surface area contributed by atoms with Crippen molar-refractivity contribution in [3.8, 4) is 0 Å². The molecule has 0 aromatic carbocycles. The van der Waals surface area contributed by atoms with E-state index >= 15 is 0 Å². The van der Waals surface area contributed by atoms with Gasteiger partial charge in [0.05, 0.1) is 0 Å². The van der Waals surface area contributed by atoms with Crippen molar-refractivity contribution in [1.82, 2.24) is 20.7 Å². The van der Waals surface area contributed by atoms with Gasteiger partial charge in [-0.1, -0.05) is 0 Å². The van der Waals surface area contributed by atoms with Crippen LogP contribution in [0.3, 0.4) is 0 Å². The van der Waals surface area contributed by atoms with E-state index in [2.05, 4.69) is 22.7 Å². The van der Waals surface area contributed by atoms with Crippen LogP contribution in [0.15, 0.2) is 0 Å². The van der Waals surface area contributed by atoms with E-state index in [4.69, 9.17) is 0 Å². The normalized spacial score (nSPS) is 28.2. The quantitative estimate of drug-likeness (QED) is 0.537. The van der Waals surface area contributed by atoms with Crippen molar-refractivity contribution in [2.75, 3.05) is 27.2 Å². The standard InChI is InChI=1S/C8H16N4O/c1-11-5-3-8(4-6-11)9-7(13)12(2)10-8/h10H,3-6H2,1-2H3,(H,9,13). The van der Waals surface area contributed by atoms with Crippen LogP contribution in [0.1, 0.15) is 12.8 Å². The van der Waals surface area contributed by atoms with E-state index in [-0.39, 0.29) is 11.7 Å². The summed E-state index contributed by atoms with van der Waals surface area (Å²) in [7, 11) is 3.86. The first-order valence-corrected chi connectivity index (χ1v) is 4.64. The Morgan fingerprint density at radius 1 is 1.31 bits per heavy atom. The molecule has 0 aliphatic carbocycles. The Morgan fingerprint density at radius 3 is 2.38 bits per heavy atom. The van der Waals surface area contributed by atoms with Gasteiger partial charge < -0.3 is 10.2 Å². The SMILES string of the molecule is CN1CCC2(CC1)NC(=O)N(C)N2. The second-order valence-electron chi connectivity index (χ2n) is 3.99. The smallest absolute Gasteiger partial charge is 0.317 e. The highest BCUT2D eigenvalue weighted by Crippen LogP contribution is 2.22. The maximum absolute atomic E-state index is 11.3. The van der Waals surface area contributed by atoms with Gasteiger partial charge in [-0.3, -0.25) is 5.01 Å². The number of carbonyl (C=O) groups excluding carboxylic acids is 1.